The second-order valence-corrected chi connectivity index (χ2v) is 6.08. The Hall–Kier alpha value is -0.900. The van der Waals surface area contributed by atoms with E-state index in [1.807, 2.05) is 0 Å². The van der Waals surface area contributed by atoms with Gasteiger partial charge in [0.1, 0.15) is 0 Å². The number of benzene rings is 1. The van der Waals surface area contributed by atoms with Crippen LogP contribution >= 0.6 is 0 Å². The smallest absolute Gasteiger partial charge is 0.0675 e. The van der Waals surface area contributed by atoms with E-state index in [0.29, 0.717) is 18.2 Å². The van der Waals surface area contributed by atoms with Gasteiger partial charge >= 0.3 is 0 Å². The minimum atomic E-state index is 0.348. The highest BCUT2D eigenvalue weighted by Gasteiger charge is 2.33. The highest BCUT2D eigenvalue weighted by molar-refractivity contribution is 5.31. The van der Waals surface area contributed by atoms with E-state index in [1.165, 1.54) is 24.0 Å². The number of fused-ring (bicyclic) bond motifs is 1. The van der Waals surface area contributed by atoms with Crippen molar-refractivity contribution in [1.82, 2.24) is 10.2 Å². The molecule has 3 unspecified atom stereocenters. The zero-order valence-corrected chi connectivity index (χ0v) is 12.6. The molecule has 110 valence electrons. The number of rotatable bonds is 2. The first-order chi connectivity index (χ1) is 9.79. The number of nitrogens with one attached hydrogen (secondary N) is 1. The molecule has 3 atom stereocenters. The summed E-state index contributed by atoms with van der Waals surface area (Å²) < 4.78 is 5.86. The van der Waals surface area contributed by atoms with E-state index >= 15 is 0 Å². The van der Waals surface area contributed by atoms with Crippen molar-refractivity contribution in [3.8, 4) is 0 Å². The summed E-state index contributed by atoms with van der Waals surface area (Å²) in [5.74, 6) is 0. The Morgan fingerprint density at radius 3 is 3.05 bits per heavy atom. The van der Waals surface area contributed by atoms with Crippen molar-refractivity contribution in [3.63, 3.8) is 0 Å². The van der Waals surface area contributed by atoms with Gasteiger partial charge < -0.3 is 10.1 Å². The monoisotopic (exact) mass is 274 g/mol. The summed E-state index contributed by atoms with van der Waals surface area (Å²) in [6.45, 7) is 8.50. The molecule has 1 N–H and O–H groups in total. The molecule has 0 radical (unpaired) electrons. The molecule has 0 spiro atoms. The highest BCUT2D eigenvalue weighted by Crippen LogP contribution is 2.33. The molecule has 0 aliphatic carbocycles. The molecule has 1 aromatic carbocycles. The van der Waals surface area contributed by atoms with Crippen LogP contribution in [-0.4, -0.2) is 36.7 Å². The van der Waals surface area contributed by atoms with Crippen molar-refractivity contribution < 1.29 is 4.74 Å². The van der Waals surface area contributed by atoms with Gasteiger partial charge in [0, 0.05) is 25.2 Å². The van der Waals surface area contributed by atoms with Crippen molar-refractivity contribution in [3.05, 3.63) is 35.4 Å². The predicted octanol–water partition coefficient (Wildman–Crippen LogP) is 2.72. The average molecular weight is 274 g/mol. The summed E-state index contributed by atoms with van der Waals surface area (Å²) in [6.07, 6.45) is 2.71. The van der Waals surface area contributed by atoms with E-state index in [1.54, 1.807) is 0 Å². The molecule has 1 aromatic rings. The maximum absolute atomic E-state index is 5.86. The quantitative estimate of drug-likeness (QED) is 0.897. The number of hydrogen-bond donors (Lipinski definition) is 1. The Balaban J connectivity index is 1.91. The molecule has 1 fully saturated rings. The largest absolute Gasteiger partial charge is 0.376 e. The molecule has 3 heteroatoms. The van der Waals surface area contributed by atoms with Crippen molar-refractivity contribution in [1.29, 1.82) is 0 Å². The van der Waals surface area contributed by atoms with Gasteiger partial charge in [-0.25, -0.2) is 0 Å². The lowest BCUT2D eigenvalue weighted by molar-refractivity contribution is -0.0741. The van der Waals surface area contributed by atoms with Crippen LogP contribution in [0.4, 0.5) is 0 Å². The van der Waals surface area contributed by atoms with Crippen LogP contribution in [0.25, 0.3) is 0 Å². The van der Waals surface area contributed by atoms with Gasteiger partial charge in [0.05, 0.1) is 12.7 Å². The van der Waals surface area contributed by atoms with Crippen LogP contribution in [0.2, 0.25) is 0 Å². The molecular weight excluding hydrogens is 248 g/mol. The molecule has 0 saturated carbocycles. The van der Waals surface area contributed by atoms with Crippen LogP contribution < -0.4 is 5.32 Å². The number of morpholine rings is 1. The SMILES string of the molecule is CCC1COC(C)CN1C1CCNCc2ccccc21. The molecule has 2 aliphatic rings. The maximum Gasteiger partial charge on any atom is 0.0675 e. The molecule has 3 rings (SSSR count). The van der Waals surface area contributed by atoms with E-state index in [-0.39, 0.29) is 0 Å². The first-order valence-electron chi connectivity index (χ1n) is 7.95. The van der Waals surface area contributed by atoms with Gasteiger partial charge in [0.2, 0.25) is 0 Å². The van der Waals surface area contributed by atoms with E-state index < -0.39 is 0 Å². The third-order valence-electron chi connectivity index (χ3n) is 4.71. The van der Waals surface area contributed by atoms with Gasteiger partial charge in [0.25, 0.3) is 0 Å². The molecule has 2 aliphatic heterocycles. The standard InChI is InChI=1S/C17H26N2O/c1-3-15-12-20-13(2)11-19(15)17-8-9-18-10-14-6-4-5-7-16(14)17/h4-7,13,15,17-18H,3,8-12H2,1-2H3. The number of hydrogen-bond acceptors (Lipinski definition) is 3. The summed E-state index contributed by atoms with van der Waals surface area (Å²) in [5, 5.41) is 3.56. The molecule has 3 nitrogen and oxygen atoms in total. The fraction of sp³-hybridized carbons (Fsp3) is 0.647. The van der Waals surface area contributed by atoms with Gasteiger partial charge in [-0.2, -0.15) is 0 Å². The van der Waals surface area contributed by atoms with Gasteiger partial charge in [-0.15, -0.1) is 0 Å². The highest BCUT2D eigenvalue weighted by atomic mass is 16.5. The maximum atomic E-state index is 5.86. The molecule has 1 saturated heterocycles. The van der Waals surface area contributed by atoms with Crippen molar-refractivity contribution in [2.24, 2.45) is 0 Å². The van der Waals surface area contributed by atoms with Gasteiger partial charge in [-0.05, 0) is 37.4 Å². The third-order valence-corrected chi connectivity index (χ3v) is 4.71. The van der Waals surface area contributed by atoms with Gasteiger partial charge in [-0.3, -0.25) is 4.90 Å². The van der Waals surface area contributed by atoms with Crippen LogP contribution in [0.3, 0.4) is 0 Å². The Bertz CT molecular complexity index is 448. The summed E-state index contributed by atoms with van der Waals surface area (Å²) in [7, 11) is 0. The molecule has 20 heavy (non-hydrogen) atoms. The third kappa shape index (κ3) is 2.76. The summed E-state index contributed by atoms with van der Waals surface area (Å²) in [6, 6.07) is 10.0. The van der Waals surface area contributed by atoms with Crippen molar-refractivity contribution >= 4 is 0 Å². The number of ether oxygens (including phenoxy) is 1. The molecule has 2 heterocycles. The second kappa shape index (κ2) is 6.25. The first-order valence-corrected chi connectivity index (χ1v) is 7.95. The Morgan fingerprint density at radius 2 is 2.20 bits per heavy atom. The van der Waals surface area contributed by atoms with E-state index in [2.05, 4.69) is 48.3 Å². The normalized spacial score (nSPS) is 31.6. The molecular formula is C17H26N2O. The fourth-order valence-corrected chi connectivity index (χ4v) is 3.59. The summed E-state index contributed by atoms with van der Waals surface area (Å²) in [5.41, 5.74) is 2.98. The van der Waals surface area contributed by atoms with Crippen LogP contribution in [-0.2, 0) is 11.3 Å². The van der Waals surface area contributed by atoms with Crippen molar-refractivity contribution in [2.75, 3.05) is 19.7 Å². The van der Waals surface area contributed by atoms with Crippen LogP contribution in [0.15, 0.2) is 24.3 Å². The van der Waals surface area contributed by atoms with E-state index in [9.17, 15) is 0 Å². The lowest BCUT2D eigenvalue weighted by Gasteiger charge is -2.43. The van der Waals surface area contributed by atoms with Crippen molar-refractivity contribution in [2.45, 2.75) is 51.4 Å². The Kier molecular flexibility index (Phi) is 4.39. The first kappa shape index (κ1) is 14.1. The zero-order valence-electron chi connectivity index (χ0n) is 12.6. The summed E-state index contributed by atoms with van der Waals surface area (Å²) in [4.78, 5) is 2.69. The van der Waals surface area contributed by atoms with Gasteiger partial charge in [0.15, 0.2) is 0 Å². The Labute approximate surface area is 122 Å². The minimum absolute atomic E-state index is 0.348. The van der Waals surface area contributed by atoms with E-state index in [4.69, 9.17) is 4.74 Å². The predicted molar refractivity (Wildman–Crippen MR) is 81.7 cm³/mol. The minimum Gasteiger partial charge on any atom is -0.376 e. The van der Waals surface area contributed by atoms with E-state index in [0.717, 1.165) is 26.2 Å². The fourth-order valence-electron chi connectivity index (χ4n) is 3.59. The lowest BCUT2D eigenvalue weighted by atomic mass is 9.95. The molecule has 0 aromatic heterocycles. The Morgan fingerprint density at radius 1 is 1.35 bits per heavy atom. The second-order valence-electron chi connectivity index (χ2n) is 6.08. The average Bonchev–Trinajstić information content (AvgIpc) is 2.69. The topological polar surface area (TPSA) is 24.5 Å². The summed E-state index contributed by atoms with van der Waals surface area (Å²) >= 11 is 0. The van der Waals surface area contributed by atoms with Crippen LogP contribution in [0, 0.1) is 0 Å². The van der Waals surface area contributed by atoms with Gasteiger partial charge in [-0.1, -0.05) is 31.2 Å². The molecule has 0 bridgehead atoms. The lowest BCUT2D eigenvalue weighted by Crippen LogP contribution is -2.50. The zero-order chi connectivity index (χ0) is 13.9. The van der Waals surface area contributed by atoms with Crippen LogP contribution in [0.5, 0.6) is 0 Å². The van der Waals surface area contributed by atoms with Crippen LogP contribution in [0.1, 0.15) is 43.9 Å². The number of nitrogens with zero attached hydrogens (tertiary/aromatic N) is 1. The molecule has 0 amide bonds.